The Morgan fingerprint density at radius 1 is 1.31 bits per heavy atom. The molecule has 0 radical (unpaired) electrons. The van der Waals surface area contributed by atoms with Crippen LogP contribution in [0.3, 0.4) is 0 Å². The summed E-state index contributed by atoms with van der Waals surface area (Å²) in [6.45, 7) is 11.4. The van der Waals surface area contributed by atoms with Crippen LogP contribution in [0.15, 0.2) is 36.4 Å². The summed E-state index contributed by atoms with van der Waals surface area (Å²) in [6, 6.07) is 12.4. The summed E-state index contributed by atoms with van der Waals surface area (Å²) in [5, 5.41) is 0. The fraction of sp³-hybridized carbons (Fsp3) is 0.500. The lowest BCUT2D eigenvalue weighted by Gasteiger charge is -2.39. The van der Waals surface area contributed by atoms with Crippen molar-refractivity contribution in [2.24, 2.45) is 0 Å². The SMILES string of the molecule is CCOC(=O)c1cc2n(c1C(C)C)CC(Cc1ccccc1)OC2(C)C. The molecule has 1 aromatic carbocycles. The monoisotopic (exact) mass is 355 g/mol. The van der Waals surface area contributed by atoms with Crippen LogP contribution in [-0.2, 0) is 28.0 Å². The third-order valence-electron chi connectivity index (χ3n) is 4.95. The number of ether oxygens (including phenoxy) is 2. The first-order valence-electron chi connectivity index (χ1n) is 9.46. The molecule has 0 bridgehead atoms. The molecule has 0 fully saturated rings. The average molecular weight is 355 g/mol. The summed E-state index contributed by atoms with van der Waals surface area (Å²) in [6.07, 6.45) is 0.925. The molecular formula is C22H29NO3. The summed E-state index contributed by atoms with van der Waals surface area (Å²) >= 11 is 0. The van der Waals surface area contributed by atoms with E-state index in [9.17, 15) is 4.79 Å². The zero-order valence-corrected chi connectivity index (χ0v) is 16.4. The zero-order valence-electron chi connectivity index (χ0n) is 16.4. The van der Waals surface area contributed by atoms with Crippen molar-refractivity contribution in [3.8, 4) is 0 Å². The highest BCUT2D eigenvalue weighted by Crippen LogP contribution is 2.38. The van der Waals surface area contributed by atoms with E-state index in [4.69, 9.17) is 9.47 Å². The molecule has 0 saturated carbocycles. The highest BCUT2D eigenvalue weighted by molar-refractivity contribution is 5.91. The fourth-order valence-corrected chi connectivity index (χ4v) is 3.96. The molecule has 3 rings (SSSR count). The van der Waals surface area contributed by atoms with Gasteiger partial charge in [0.1, 0.15) is 5.60 Å². The van der Waals surface area contributed by atoms with E-state index >= 15 is 0 Å². The van der Waals surface area contributed by atoms with Crippen LogP contribution in [-0.4, -0.2) is 23.2 Å². The van der Waals surface area contributed by atoms with E-state index in [0.29, 0.717) is 12.2 Å². The van der Waals surface area contributed by atoms with E-state index < -0.39 is 5.60 Å². The minimum Gasteiger partial charge on any atom is -0.462 e. The molecular weight excluding hydrogens is 326 g/mol. The molecule has 1 unspecified atom stereocenters. The molecule has 0 amide bonds. The molecule has 140 valence electrons. The van der Waals surface area contributed by atoms with Crippen LogP contribution in [0.1, 0.15) is 67.8 Å². The van der Waals surface area contributed by atoms with Crippen molar-refractivity contribution in [1.82, 2.24) is 4.57 Å². The van der Waals surface area contributed by atoms with Gasteiger partial charge in [-0.25, -0.2) is 4.79 Å². The largest absolute Gasteiger partial charge is 0.462 e. The van der Waals surface area contributed by atoms with Gasteiger partial charge in [-0.2, -0.15) is 0 Å². The summed E-state index contributed by atoms with van der Waals surface area (Å²) in [7, 11) is 0. The van der Waals surface area contributed by atoms with Crippen molar-refractivity contribution in [2.45, 2.75) is 65.2 Å². The van der Waals surface area contributed by atoms with Gasteiger partial charge in [0.25, 0.3) is 0 Å². The summed E-state index contributed by atoms with van der Waals surface area (Å²) in [4.78, 5) is 12.5. The van der Waals surface area contributed by atoms with Crippen molar-refractivity contribution < 1.29 is 14.3 Å². The average Bonchev–Trinajstić information content (AvgIpc) is 2.96. The fourth-order valence-electron chi connectivity index (χ4n) is 3.96. The van der Waals surface area contributed by atoms with Crippen molar-refractivity contribution in [1.29, 1.82) is 0 Å². The van der Waals surface area contributed by atoms with Gasteiger partial charge in [-0.15, -0.1) is 0 Å². The summed E-state index contributed by atoms with van der Waals surface area (Å²) in [5.41, 5.74) is 3.59. The maximum atomic E-state index is 12.5. The van der Waals surface area contributed by atoms with Crippen molar-refractivity contribution in [2.75, 3.05) is 6.61 Å². The standard InChI is InChI=1S/C22H29NO3/c1-6-25-21(24)18-13-19-22(4,5)26-17(12-16-10-8-7-9-11-16)14-23(19)20(18)15(2)3/h7-11,13,15,17H,6,12,14H2,1-5H3. The van der Waals surface area contributed by atoms with Crippen LogP contribution in [0.5, 0.6) is 0 Å². The maximum Gasteiger partial charge on any atom is 0.339 e. The minimum atomic E-state index is -0.452. The summed E-state index contributed by atoms with van der Waals surface area (Å²) in [5.74, 6) is -0.0112. The van der Waals surface area contributed by atoms with E-state index in [1.165, 1.54) is 5.56 Å². The maximum absolute atomic E-state index is 12.5. The Morgan fingerprint density at radius 2 is 2.00 bits per heavy atom. The smallest absolute Gasteiger partial charge is 0.339 e. The normalized spacial score (nSPS) is 18.6. The van der Waals surface area contributed by atoms with E-state index in [-0.39, 0.29) is 18.0 Å². The van der Waals surface area contributed by atoms with Crippen molar-refractivity contribution >= 4 is 5.97 Å². The highest BCUT2D eigenvalue weighted by Gasteiger charge is 2.38. The molecule has 0 saturated heterocycles. The summed E-state index contributed by atoms with van der Waals surface area (Å²) < 4.78 is 14.0. The van der Waals surface area contributed by atoms with Gasteiger partial charge < -0.3 is 14.0 Å². The number of aromatic nitrogens is 1. The van der Waals surface area contributed by atoms with E-state index in [1.54, 1.807) is 0 Å². The number of fused-ring (bicyclic) bond motifs is 1. The second kappa shape index (κ2) is 7.28. The number of carbonyl (C=O) groups is 1. The number of benzene rings is 1. The number of hydrogen-bond acceptors (Lipinski definition) is 3. The number of carbonyl (C=O) groups excluding carboxylic acids is 1. The van der Waals surface area contributed by atoms with Gasteiger partial charge in [0.05, 0.1) is 24.0 Å². The van der Waals surface area contributed by atoms with E-state index in [0.717, 1.165) is 24.4 Å². The van der Waals surface area contributed by atoms with Crippen molar-refractivity contribution in [3.05, 3.63) is 58.9 Å². The Labute approximate surface area is 156 Å². The quantitative estimate of drug-likeness (QED) is 0.732. The van der Waals surface area contributed by atoms with Crippen LogP contribution in [0.25, 0.3) is 0 Å². The second-order valence-corrected chi connectivity index (χ2v) is 7.75. The Hall–Kier alpha value is -2.07. The molecule has 0 N–H and O–H groups in total. The third-order valence-corrected chi connectivity index (χ3v) is 4.95. The van der Waals surface area contributed by atoms with Gasteiger partial charge in [-0.05, 0) is 38.3 Å². The lowest BCUT2D eigenvalue weighted by molar-refractivity contribution is -0.106. The lowest BCUT2D eigenvalue weighted by atomic mass is 9.99. The van der Waals surface area contributed by atoms with Gasteiger partial charge >= 0.3 is 5.97 Å². The van der Waals surface area contributed by atoms with Gasteiger partial charge in [0.2, 0.25) is 0 Å². The molecule has 4 heteroatoms. The van der Waals surface area contributed by atoms with Crippen LogP contribution in [0, 0.1) is 0 Å². The van der Waals surface area contributed by atoms with Gasteiger partial charge in [-0.3, -0.25) is 0 Å². The minimum absolute atomic E-state index is 0.0693. The van der Waals surface area contributed by atoms with E-state index in [2.05, 4.69) is 56.5 Å². The molecule has 2 aromatic rings. The lowest BCUT2D eigenvalue weighted by Crippen LogP contribution is -2.40. The Balaban J connectivity index is 1.99. The number of esters is 1. The molecule has 4 nitrogen and oxygen atoms in total. The number of hydrogen-bond donors (Lipinski definition) is 0. The van der Waals surface area contributed by atoms with Gasteiger partial charge in [-0.1, -0.05) is 44.2 Å². The van der Waals surface area contributed by atoms with Crippen LogP contribution in [0.2, 0.25) is 0 Å². The van der Waals surface area contributed by atoms with Crippen LogP contribution < -0.4 is 0 Å². The molecule has 26 heavy (non-hydrogen) atoms. The first-order chi connectivity index (χ1) is 12.3. The molecule has 2 heterocycles. The highest BCUT2D eigenvalue weighted by atomic mass is 16.5. The van der Waals surface area contributed by atoms with Gasteiger partial charge in [0.15, 0.2) is 0 Å². The molecule has 0 spiro atoms. The predicted molar refractivity (Wildman–Crippen MR) is 103 cm³/mol. The Bertz CT molecular complexity index is 774. The number of rotatable bonds is 5. The molecule has 1 aliphatic heterocycles. The third kappa shape index (κ3) is 3.56. The predicted octanol–water partition coefficient (Wildman–Crippen LogP) is 4.66. The number of nitrogens with zero attached hydrogens (tertiary/aromatic N) is 1. The second-order valence-electron chi connectivity index (χ2n) is 7.75. The first-order valence-corrected chi connectivity index (χ1v) is 9.46. The molecule has 1 aliphatic rings. The topological polar surface area (TPSA) is 40.5 Å². The zero-order chi connectivity index (χ0) is 18.9. The van der Waals surface area contributed by atoms with Crippen LogP contribution in [0.4, 0.5) is 0 Å². The Morgan fingerprint density at radius 3 is 2.62 bits per heavy atom. The Kier molecular flexibility index (Phi) is 5.24. The molecule has 0 aliphatic carbocycles. The van der Waals surface area contributed by atoms with Crippen molar-refractivity contribution in [3.63, 3.8) is 0 Å². The first kappa shape index (κ1) is 18.7. The molecule has 1 atom stereocenters. The van der Waals surface area contributed by atoms with Crippen LogP contribution >= 0.6 is 0 Å². The molecule has 1 aromatic heterocycles. The van der Waals surface area contributed by atoms with E-state index in [1.807, 2.05) is 19.1 Å². The van der Waals surface area contributed by atoms with Gasteiger partial charge in [0, 0.05) is 18.7 Å².